The summed E-state index contributed by atoms with van der Waals surface area (Å²) in [5.41, 5.74) is 6.91. The van der Waals surface area contributed by atoms with Gasteiger partial charge in [0.2, 0.25) is 0 Å². The molecule has 0 amide bonds. The van der Waals surface area contributed by atoms with Gasteiger partial charge in [-0.05, 0) is 68.5 Å². The minimum Gasteiger partial charge on any atom is -0.358 e. The van der Waals surface area contributed by atoms with Crippen molar-refractivity contribution in [2.45, 2.75) is 18.9 Å². The van der Waals surface area contributed by atoms with Crippen molar-refractivity contribution in [2.24, 2.45) is 0 Å². The molecular formula is C42H36NO2PRh+. The van der Waals surface area contributed by atoms with Crippen molar-refractivity contribution in [3.05, 3.63) is 172 Å². The molecule has 5 heteroatoms. The standard InChI is InChI=1S/C40H29NO2P.2CH3.Rh/c1-26-10-8-15-30-20-23-35(34-19-9-14-27-11-2-5-16-31(27)34)41(40(26)30)44-42-36-24-21-28-12-3-6-17-32(28)38(36)39-33-18-7-4-13-29(33)22-25-37(39)43-44;;;/h2-19,21-22,24-25,35H,1,20,23H2;2*1H3;/q3*-1;+3/p+1/t35-;;;/m0.../s1. The fourth-order valence-electron chi connectivity index (χ4n) is 7.28. The zero-order valence-electron chi connectivity index (χ0n) is 26.5. The smallest absolute Gasteiger partial charge is 0.358 e. The molecule has 2 heterocycles. The first-order valence-electron chi connectivity index (χ1n) is 15.2. The molecule has 0 aromatic heterocycles. The normalized spacial score (nSPS) is 15.1. The summed E-state index contributed by atoms with van der Waals surface area (Å²) in [6.45, 7) is 4.53. The number of anilines is 1. The zero-order valence-corrected chi connectivity index (χ0v) is 29.1. The van der Waals surface area contributed by atoms with Crippen LogP contribution in [0.5, 0.6) is 11.5 Å². The molecular weight excluding hydrogens is 684 g/mol. The van der Waals surface area contributed by atoms with E-state index in [1.807, 2.05) is 0 Å². The minimum atomic E-state index is -2.15. The molecule has 1 atom stereocenters. The van der Waals surface area contributed by atoms with E-state index in [0.717, 1.165) is 57.5 Å². The van der Waals surface area contributed by atoms with Gasteiger partial charge < -0.3 is 14.9 Å². The predicted molar refractivity (Wildman–Crippen MR) is 198 cm³/mol. The van der Waals surface area contributed by atoms with Crippen LogP contribution in [0.3, 0.4) is 0 Å². The molecule has 0 saturated carbocycles. The first-order valence-corrected chi connectivity index (χ1v) is 16.5. The molecule has 2 aliphatic rings. The molecule has 0 unspecified atom stereocenters. The van der Waals surface area contributed by atoms with E-state index in [9.17, 15) is 0 Å². The number of benzene rings is 7. The van der Waals surface area contributed by atoms with Crippen LogP contribution in [0.1, 0.15) is 29.2 Å². The molecule has 0 radical (unpaired) electrons. The molecule has 9 rings (SSSR count). The SMILES string of the molecule is [CH2-]c1cccc2c1N([PH+]1Oc3ccc4ccccc4c3-c3c(ccc4ccccc34)O1)[C@H](c1cccc3ccccc13)CC2.[CH3-].[CH3-].[Rh+3]. The van der Waals surface area contributed by atoms with Gasteiger partial charge in [0.1, 0.15) is 0 Å². The van der Waals surface area contributed by atoms with Crippen LogP contribution in [-0.4, -0.2) is 0 Å². The molecule has 3 nitrogen and oxygen atoms in total. The summed E-state index contributed by atoms with van der Waals surface area (Å²) in [5.74, 6) is 1.72. The molecule has 0 bridgehead atoms. The van der Waals surface area contributed by atoms with Gasteiger partial charge in [0, 0.05) is 11.1 Å². The summed E-state index contributed by atoms with van der Waals surface area (Å²) in [4.78, 5) is 0. The molecule has 0 fully saturated rings. The van der Waals surface area contributed by atoms with Gasteiger partial charge in [-0.3, -0.25) is 9.05 Å². The number of hydrogen-bond acceptors (Lipinski definition) is 3. The molecule has 47 heavy (non-hydrogen) atoms. The van der Waals surface area contributed by atoms with Crippen LogP contribution in [0.15, 0.2) is 133 Å². The van der Waals surface area contributed by atoms with Crippen molar-refractivity contribution in [1.82, 2.24) is 0 Å². The van der Waals surface area contributed by atoms with Crippen LogP contribution in [0.2, 0.25) is 0 Å². The third kappa shape index (κ3) is 5.25. The average molecular weight is 721 g/mol. The Kier molecular flexibility index (Phi) is 9.04. The molecule has 7 aromatic rings. The first-order chi connectivity index (χ1) is 21.7. The van der Waals surface area contributed by atoms with Gasteiger partial charge in [-0.15, -0.1) is 6.07 Å². The number of nitrogens with zero attached hydrogens (tertiary/aromatic N) is 1. The Balaban J connectivity index is 0.00000129. The van der Waals surface area contributed by atoms with E-state index in [1.54, 1.807) is 0 Å². The Morgan fingerprint density at radius 2 is 1.09 bits per heavy atom. The van der Waals surface area contributed by atoms with Crippen LogP contribution in [0, 0.1) is 21.8 Å². The summed E-state index contributed by atoms with van der Waals surface area (Å²) in [5, 5.41) is 7.20. The van der Waals surface area contributed by atoms with Gasteiger partial charge in [0.25, 0.3) is 0 Å². The van der Waals surface area contributed by atoms with Crippen LogP contribution < -0.4 is 13.7 Å². The van der Waals surface area contributed by atoms with Crippen molar-refractivity contribution in [3.63, 3.8) is 0 Å². The molecule has 0 N–H and O–H groups in total. The maximum Gasteiger partial charge on any atom is 3.00 e. The maximum atomic E-state index is 7.19. The molecule has 234 valence electrons. The van der Waals surface area contributed by atoms with E-state index in [-0.39, 0.29) is 40.4 Å². The molecule has 0 saturated heterocycles. The summed E-state index contributed by atoms with van der Waals surface area (Å²) < 4.78 is 16.8. The number of rotatable bonds is 2. The second kappa shape index (κ2) is 13.0. The monoisotopic (exact) mass is 720 g/mol. The number of hydrogen-bond donors (Lipinski definition) is 0. The van der Waals surface area contributed by atoms with Crippen LogP contribution in [0.4, 0.5) is 5.69 Å². The predicted octanol–water partition coefficient (Wildman–Crippen LogP) is 11.8. The fraction of sp³-hybridized carbons (Fsp3) is 0.0714. The Morgan fingerprint density at radius 3 is 1.70 bits per heavy atom. The summed E-state index contributed by atoms with van der Waals surface area (Å²) in [6.07, 6.45) is 1.93. The molecule has 0 spiro atoms. The van der Waals surface area contributed by atoms with Crippen LogP contribution >= 0.6 is 8.53 Å². The summed E-state index contributed by atoms with van der Waals surface area (Å²) in [7, 11) is -2.15. The van der Waals surface area contributed by atoms with E-state index in [2.05, 4.69) is 145 Å². The average Bonchev–Trinajstić information content (AvgIpc) is 3.25. The van der Waals surface area contributed by atoms with Crippen molar-refractivity contribution in [3.8, 4) is 22.6 Å². The van der Waals surface area contributed by atoms with E-state index in [0.29, 0.717) is 0 Å². The van der Waals surface area contributed by atoms with Gasteiger partial charge in [-0.1, -0.05) is 115 Å². The van der Waals surface area contributed by atoms with Gasteiger partial charge in [0.15, 0.2) is 11.5 Å². The largest absolute Gasteiger partial charge is 3.00 e. The number of para-hydroxylation sites is 1. The molecule has 7 aromatic carbocycles. The number of aryl methyl sites for hydroxylation is 1. The Labute approximate surface area is 291 Å². The third-order valence-electron chi connectivity index (χ3n) is 9.25. The van der Waals surface area contributed by atoms with E-state index in [1.165, 1.54) is 32.7 Å². The Hall–Kier alpha value is -4.36. The second-order valence-corrected chi connectivity index (χ2v) is 13.1. The van der Waals surface area contributed by atoms with Gasteiger partial charge in [-0.25, -0.2) is 4.67 Å². The quantitative estimate of drug-likeness (QED) is 0.101. The van der Waals surface area contributed by atoms with E-state index < -0.39 is 8.53 Å². The topological polar surface area (TPSA) is 21.7 Å². The summed E-state index contributed by atoms with van der Waals surface area (Å²) in [6, 6.07) is 47.6. The van der Waals surface area contributed by atoms with Crippen LogP contribution in [0.25, 0.3) is 43.4 Å². The maximum absolute atomic E-state index is 7.19. The minimum absolute atomic E-state index is 0. The van der Waals surface area contributed by atoms with Crippen molar-refractivity contribution >= 4 is 46.5 Å². The zero-order chi connectivity index (χ0) is 29.2. The van der Waals surface area contributed by atoms with E-state index in [4.69, 9.17) is 9.05 Å². The van der Waals surface area contributed by atoms with Crippen molar-refractivity contribution < 1.29 is 28.5 Å². The van der Waals surface area contributed by atoms with Gasteiger partial charge >= 0.3 is 28.0 Å². The molecule has 2 aliphatic heterocycles. The van der Waals surface area contributed by atoms with Crippen molar-refractivity contribution in [1.29, 1.82) is 0 Å². The van der Waals surface area contributed by atoms with Gasteiger partial charge in [-0.2, -0.15) is 18.6 Å². The van der Waals surface area contributed by atoms with Crippen LogP contribution in [-0.2, 0) is 25.9 Å². The fourth-order valence-corrected chi connectivity index (χ4v) is 9.23. The molecule has 0 aliphatic carbocycles. The first kappa shape index (κ1) is 32.6. The second-order valence-electron chi connectivity index (χ2n) is 11.7. The van der Waals surface area contributed by atoms with E-state index >= 15 is 0 Å². The van der Waals surface area contributed by atoms with Gasteiger partial charge in [0.05, 0.1) is 6.04 Å². The number of fused-ring (bicyclic) bond motifs is 9. The Bertz CT molecular complexity index is 2160. The Morgan fingerprint density at radius 1 is 0.574 bits per heavy atom. The van der Waals surface area contributed by atoms with Crippen molar-refractivity contribution in [2.75, 3.05) is 4.67 Å². The summed E-state index contributed by atoms with van der Waals surface area (Å²) >= 11 is 0. The third-order valence-corrected chi connectivity index (χ3v) is 11.0.